The normalized spacial score (nSPS) is 33.5. The van der Waals surface area contributed by atoms with Crippen LogP contribution in [0.2, 0.25) is 0 Å². The molecule has 0 saturated carbocycles. The standard InChI is InChI=1S/C13H25NO3/c1-2-5-14-6-8-17-12(9-14)13(15)11-4-3-7-16-10-11/h11-13,15H,2-10H2,1H3. The number of nitrogens with zero attached hydrogens (tertiary/aromatic N) is 1. The van der Waals surface area contributed by atoms with E-state index in [1.54, 1.807) is 0 Å². The molecule has 3 unspecified atom stereocenters. The van der Waals surface area contributed by atoms with E-state index in [-0.39, 0.29) is 18.1 Å². The molecular formula is C13H25NO3. The molecule has 2 heterocycles. The Hall–Kier alpha value is -0.160. The number of ether oxygens (including phenoxy) is 2. The zero-order valence-electron chi connectivity index (χ0n) is 10.8. The summed E-state index contributed by atoms with van der Waals surface area (Å²) in [5.41, 5.74) is 0. The minimum absolute atomic E-state index is 0.0259. The molecule has 2 aliphatic rings. The van der Waals surface area contributed by atoms with E-state index in [0.29, 0.717) is 6.61 Å². The number of rotatable bonds is 4. The van der Waals surface area contributed by atoms with Gasteiger partial charge in [0.25, 0.3) is 0 Å². The fraction of sp³-hybridized carbons (Fsp3) is 1.00. The van der Waals surface area contributed by atoms with Crippen LogP contribution in [0.4, 0.5) is 0 Å². The molecule has 1 N–H and O–H groups in total. The van der Waals surface area contributed by atoms with Crippen molar-refractivity contribution in [3.8, 4) is 0 Å². The third kappa shape index (κ3) is 3.65. The first kappa shape index (κ1) is 13.3. The molecule has 2 fully saturated rings. The highest BCUT2D eigenvalue weighted by Gasteiger charge is 2.33. The van der Waals surface area contributed by atoms with Gasteiger partial charge in [-0.1, -0.05) is 6.92 Å². The summed E-state index contributed by atoms with van der Waals surface area (Å²) in [6.07, 6.45) is 2.90. The molecule has 4 heteroatoms. The van der Waals surface area contributed by atoms with Gasteiger partial charge in [-0.2, -0.15) is 0 Å². The van der Waals surface area contributed by atoms with E-state index < -0.39 is 0 Å². The molecule has 0 aromatic rings. The Morgan fingerprint density at radius 2 is 2.29 bits per heavy atom. The van der Waals surface area contributed by atoms with Crippen LogP contribution < -0.4 is 0 Å². The quantitative estimate of drug-likeness (QED) is 0.796. The van der Waals surface area contributed by atoms with E-state index in [2.05, 4.69) is 11.8 Å². The largest absolute Gasteiger partial charge is 0.390 e. The van der Waals surface area contributed by atoms with Gasteiger partial charge in [0.05, 0.1) is 25.4 Å². The van der Waals surface area contributed by atoms with Gasteiger partial charge in [0, 0.05) is 25.6 Å². The van der Waals surface area contributed by atoms with Gasteiger partial charge in [-0.15, -0.1) is 0 Å². The van der Waals surface area contributed by atoms with Crippen LogP contribution in [0.25, 0.3) is 0 Å². The third-order valence-electron chi connectivity index (χ3n) is 3.78. The van der Waals surface area contributed by atoms with E-state index in [9.17, 15) is 5.11 Å². The highest BCUT2D eigenvalue weighted by atomic mass is 16.5. The first-order valence-corrected chi connectivity index (χ1v) is 6.91. The predicted molar refractivity (Wildman–Crippen MR) is 66.0 cm³/mol. The maximum atomic E-state index is 10.4. The van der Waals surface area contributed by atoms with Crippen molar-refractivity contribution in [3.05, 3.63) is 0 Å². The summed E-state index contributed by atoms with van der Waals surface area (Å²) in [6.45, 7) is 7.44. The minimum Gasteiger partial charge on any atom is -0.390 e. The average Bonchev–Trinajstić information content (AvgIpc) is 2.40. The first-order chi connectivity index (χ1) is 8.31. The third-order valence-corrected chi connectivity index (χ3v) is 3.78. The number of hydrogen-bond donors (Lipinski definition) is 1. The van der Waals surface area contributed by atoms with Gasteiger partial charge in [0.2, 0.25) is 0 Å². The fourth-order valence-corrected chi connectivity index (χ4v) is 2.80. The maximum Gasteiger partial charge on any atom is 0.0964 e. The lowest BCUT2D eigenvalue weighted by molar-refractivity contribution is -0.123. The molecule has 0 aliphatic carbocycles. The fourth-order valence-electron chi connectivity index (χ4n) is 2.80. The second kappa shape index (κ2) is 6.69. The van der Waals surface area contributed by atoms with Crippen molar-refractivity contribution in [1.82, 2.24) is 4.90 Å². The Balaban J connectivity index is 1.82. The molecule has 0 radical (unpaired) electrons. The van der Waals surface area contributed by atoms with Crippen LogP contribution in [-0.4, -0.2) is 61.7 Å². The molecule has 2 rings (SSSR count). The Bertz CT molecular complexity index is 217. The predicted octanol–water partition coefficient (Wildman–Crippen LogP) is 0.885. The Labute approximate surface area is 104 Å². The van der Waals surface area contributed by atoms with Crippen LogP contribution in [0.15, 0.2) is 0 Å². The van der Waals surface area contributed by atoms with Crippen LogP contribution in [0, 0.1) is 5.92 Å². The molecular weight excluding hydrogens is 218 g/mol. The maximum absolute atomic E-state index is 10.4. The van der Waals surface area contributed by atoms with Crippen molar-refractivity contribution in [2.24, 2.45) is 5.92 Å². The molecule has 0 aromatic carbocycles. The van der Waals surface area contributed by atoms with Gasteiger partial charge in [0.15, 0.2) is 0 Å². The highest BCUT2D eigenvalue weighted by molar-refractivity contribution is 4.83. The van der Waals surface area contributed by atoms with Crippen molar-refractivity contribution in [3.63, 3.8) is 0 Å². The number of aliphatic hydroxyl groups excluding tert-OH is 1. The summed E-state index contributed by atoms with van der Waals surface area (Å²) in [7, 11) is 0. The Morgan fingerprint density at radius 3 is 3.00 bits per heavy atom. The lowest BCUT2D eigenvalue weighted by Crippen LogP contribution is -2.51. The molecule has 0 bridgehead atoms. The van der Waals surface area contributed by atoms with Gasteiger partial charge in [-0.25, -0.2) is 0 Å². The summed E-state index contributed by atoms with van der Waals surface area (Å²) in [6, 6.07) is 0. The molecule has 0 amide bonds. The molecule has 3 atom stereocenters. The van der Waals surface area contributed by atoms with Crippen LogP contribution >= 0.6 is 0 Å². The monoisotopic (exact) mass is 243 g/mol. The molecule has 100 valence electrons. The second-order valence-corrected chi connectivity index (χ2v) is 5.18. The van der Waals surface area contributed by atoms with Crippen molar-refractivity contribution < 1.29 is 14.6 Å². The van der Waals surface area contributed by atoms with Crippen molar-refractivity contribution in [2.45, 2.75) is 38.4 Å². The van der Waals surface area contributed by atoms with E-state index >= 15 is 0 Å². The summed E-state index contributed by atoms with van der Waals surface area (Å²) >= 11 is 0. The average molecular weight is 243 g/mol. The van der Waals surface area contributed by atoms with Crippen LogP contribution in [0.3, 0.4) is 0 Å². The molecule has 0 spiro atoms. The van der Waals surface area contributed by atoms with Gasteiger partial charge >= 0.3 is 0 Å². The summed E-state index contributed by atoms with van der Waals surface area (Å²) in [5, 5.41) is 10.4. The van der Waals surface area contributed by atoms with E-state index in [0.717, 1.165) is 52.1 Å². The number of hydrogen-bond acceptors (Lipinski definition) is 4. The molecule has 2 saturated heterocycles. The van der Waals surface area contributed by atoms with E-state index in [1.807, 2.05) is 0 Å². The number of morpholine rings is 1. The van der Waals surface area contributed by atoms with Crippen molar-refractivity contribution in [1.29, 1.82) is 0 Å². The summed E-state index contributed by atoms with van der Waals surface area (Å²) in [5.74, 6) is 0.260. The van der Waals surface area contributed by atoms with Crippen LogP contribution in [0.1, 0.15) is 26.2 Å². The Kier molecular flexibility index (Phi) is 5.22. The van der Waals surface area contributed by atoms with Crippen LogP contribution in [-0.2, 0) is 9.47 Å². The number of aliphatic hydroxyl groups is 1. The Morgan fingerprint density at radius 1 is 1.41 bits per heavy atom. The van der Waals surface area contributed by atoms with Gasteiger partial charge in [0.1, 0.15) is 0 Å². The highest BCUT2D eigenvalue weighted by Crippen LogP contribution is 2.22. The molecule has 0 aromatic heterocycles. The lowest BCUT2D eigenvalue weighted by Gasteiger charge is -2.38. The van der Waals surface area contributed by atoms with Crippen molar-refractivity contribution in [2.75, 3.05) is 39.5 Å². The second-order valence-electron chi connectivity index (χ2n) is 5.18. The summed E-state index contributed by atoms with van der Waals surface area (Å²) < 4.78 is 11.2. The van der Waals surface area contributed by atoms with Crippen LogP contribution in [0.5, 0.6) is 0 Å². The molecule has 17 heavy (non-hydrogen) atoms. The SMILES string of the molecule is CCCN1CCOC(C(O)C2CCCOC2)C1. The molecule has 4 nitrogen and oxygen atoms in total. The smallest absolute Gasteiger partial charge is 0.0964 e. The zero-order chi connectivity index (χ0) is 12.1. The molecule has 2 aliphatic heterocycles. The van der Waals surface area contributed by atoms with Gasteiger partial charge in [-0.05, 0) is 25.8 Å². The van der Waals surface area contributed by atoms with E-state index in [1.165, 1.54) is 0 Å². The van der Waals surface area contributed by atoms with E-state index in [4.69, 9.17) is 9.47 Å². The first-order valence-electron chi connectivity index (χ1n) is 6.91. The van der Waals surface area contributed by atoms with Gasteiger partial charge < -0.3 is 14.6 Å². The summed E-state index contributed by atoms with van der Waals surface area (Å²) in [4.78, 5) is 2.39. The minimum atomic E-state index is -0.366. The van der Waals surface area contributed by atoms with Gasteiger partial charge in [-0.3, -0.25) is 4.90 Å². The lowest BCUT2D eigenvalue weighted by atomic mass is 9.91. The topological polar surface area (TPSA) is 41.9 Å². The zero-order valence-corrected chi connectivity index (χ0v) is 10.8. The van der Waals surface area contributed by atoms with Crippen molar-refractivity contribution >= 4 is 0 Å².